The molecule has 126 valence electrons. The minimum absolute atomic E-state index is 0.374. The van der Waals surface area contributed by atoms with E-state index >= 15 is 0 Å². The SMILES string of the molecule is CC1(C=C(F)F)C(=O)n2c(cc3c(Cl)cc(Cl)cc32)-c2ccccc21. The van der Waals surface area contributed by atoms with Crippen LogP contribution in [0.3, 0.4) is 0 Å². The first-order valence-electron chi connectivity index (χ1n) is 7.52. The van der Waals surface area contributed by atoms with Gasteiger partial charge < -0.3 is 0 Å². The van der Waals surface area contributed by atoms with Crippen LogP contribution in [0.2, 0.25) is 10.0 Å². The lowest BCUT2D eigenvalue weighted by Gasteiger charge is -2.33. The number of benzene rings is 2. The van der Waals surface area contributed by atoms with Gasteiger partial charge in [0.1, 0.15) is 0 Å². The van der Waals surface area contributed by atoms with Gasteiger partial charge in [-0.3, -0.25) is 9.36 Å². The maximum absolute atomic E-state index is 13.2. The van der Waals surface area contributed by atoms with Crippen molar-refractivity contribution in [3.63, 3.8) is 0 Å². The van der Waals surface area contributed by atoms with Gasteiger partial charge in [0.15, 0.2) is 0 Å². The topological polar surface area (TPSA) is 22.0 Å². The van der Waals surface area contributed by atoms with Crippen molar-refractivity contribution >= 4 is 40.0 Å². The zero-order chi connectivity index (χ0) is 17.9. The van der Waals surface area contributed by atoms with Gasteiger partial charge in [-0.25, -0.2) is 0 Å². The Morgan fingerprint density at radius 3 is 2.60 bits per heavy atom. The Kier molecular flexibility index (Phi) is 3.53. The predicted octanol–water partition coefficient (Wildman–Crippen LogP) is 6.31. The molecule has 0 saturated carbocycles. The van der Waals surface area contributed by atoms with Gasteiger partial charge in [-0.2, -0.15) is 8.78 Å². The number of fused-ring (bicyclic) bond motifs is 5. The molecule has 1 atom stereocenters. The van der Waals surface area contributed by atoms with Gasteiger partial charge in [0, 0.05) is 22.0 Å². The van der Waals surface area contributed by atoms with Crippen LogP contribution < -0.4 is 0 Å². The van der Waals surface area contributed by atoms with Crippen LogP contribution in [0.4, 0.5) is 8.78 Å². The molecule has 2 nitrogen and oxygen atoms in total. The van der Waals surface area contributed by atoms with Crippen molar-refractivity contribution < 1.29 is 13.6 Å². The van der Waals surface area contributed by atoms with Gasteiger partial charge >= 0.3 is 0 Å². The predicted molar refractivity (Wildman–Crippen MR) is 95.7 cm³/mol. The van der Waals surface area contributed by atoms with Crippen LogP contribution in [0, 0.1) is 0 Å². The van der Waals surface area contributed by atoms with E-state index in [4.69, 9.17) is 23.2 Å². The first-order chi connectivity index (χ1) is 11.8. The Hall–Kier alpha value is -2.17. The molecule has 3 aromatic rings. The van der Waals surface area contributed by atoms with Crippen LogP contribution in [-0.4, -0.2) is 10.5 Å². The lowest BCUT2D eigenvalue weighted by Crippen LogP contribution is -2.39. The normalized spacial score (nSPS) is 18.8. The van der Waals surface area contributed by atoms with Crippen molar-refractivity contribution in [3.8, 4) is 11.3 Å². The first-order valence-corrected chi connectivity index (χ1v) is 8.27. The van der Waals surface area contributed by atoms with Crippen LogP contribution >= 0.6 is 23.2 Å². The first kappa shape index (κ1) is 16.3. The van der Waals surface area contributed by atoms with E-state index < -0.39 is 17.4 Å². The summed E-state index contributed by atoms with van der Waals surface area (Å²) < 4.78 is 27.7. The Morgan fingerprint density at radius 1 is 1.16 bits per heavy atom. The molecule has 0 aliphatic carbocycles. The summed E-state index contributed by atoms with van der Waals surface area (Å²) in [6.07, 6.45) is -1.20. The van der Waals surface area contributed by atoms with Gasteiger partial charge in [0.25, 0.3) is 6.08 Å². The third-order valence-electron chi connectivity index (χ3n) is 4.64. The molecule has 1 aliphatic rings. The Morgan fingerprint density at radius 2 is 1.88 bits per heavy atom. The molecule has 6 heteroatoms. The molecule has 0 spiro atoms. The minimum atomic E-state index is -1.90. The highest BCUT2D eigenvalue weighted by Crippen LogP contribution is 2.45. The summed E-state index contributed by atoms with van der Waals surface area (Å²) in [5.74, 6) is -0.470. The van der Waals surface area contributed by atoms with Crippen molar-refractivity contribution in [2.45, 2.75) is 12.3 Å². The third kappa shape index (κ3) is 2.25. The molecule has 0 fully saturated rings. The second-order valence-corrected chi connectivity index (χ2v) is 7.02. The molecule has 1 aliphatic heterocycles. The molecule has 0 saturated heterocycles. The average Bonchev–Trinajstić information content (AvgIpc) is 2.92. The quantitative estimate of drug-likeness (QED) is 0.487. The number of hydrogen-bond acceptors (Lipinski definition) is 1. The van der Waals surface area contributed by atoms with Crippen LogP contribution in [0.15, 0.2) is 54.6 Å². The fourth-order valence-electron chi connectivity index (χ4n) is 3.51. The Balaban J connectivity index is 2.17. The second-order valence-electron chi connectivity index (χ2n) is 6.17. The molecular weight excluding hydrogens is 367 g/mol. The maximum Gasteiger partial charge on any atom is 0.267 e. The van der Waals surface area contributed by atoms with Gasteiger partial charge in [-0.05, 0) is 30.7 Å². The minimum Gasteiger partial charge on any atom is -0.279 e. The van der Waals surface area contributed by atoms with Gasteiger partial charge in [-0.1, -0.05) is 47.5 Å². The smallest absolute Gasteiger partial charge is 0.267 e. The van der Waals surface area contributed by atoms with E-state index in [2.05, 4.69) is 0 Å². The molecule has 2 aromatic carbocycles. The van der Waals surface area contributed by atoms with Crippen molar-refractivity contribution in [2.24, 2.45) is 0 Å². The maximum atomic E-state index is 13.2. The zero-order valence-corrected chi connectivity index (χ0v) is 14.5. The van der Waals surface area contributed by atoms with Crippen LogP contribution in [-0.2, 0) is 5.41 Å². The lowest BCUT2D eigenvalue weighted by atomic mass is 9.76. The molecule has 2 heterocycles. The second kappa shape index (κ2) is 5.41. The number of rotatable bonds is 1. The number of halogens is 4. The van der Waals surface area contributed by atoms with Gasteiger partial charge in [0.2, 0.25) is 5.91 Å². The summed E-state index contributed by atoms with van der Waals surface area (Å²) >= 11 is 12.4. The monoisotopic (exact) mass is 377 g/mol. The largest absolute Gasteiger partial charge is 0.279 e. The Labute approximate surface area is 152 Å². The van der Waals surface area contributed by atoms with Crippen LogP contribution in [0.25, 0.3) is 22.2 Å². The molecule has 0 amide bonds. The summed E-state index contributed by atoms with van der Waals surface area (Å²) in [6.45, 7) is 1.49. The standard InChI is InChI=1S/C19H11Cl2F2NO/c1-19(9-17(22)23)13-5-3-2-4-11(13)16-8-12-14(21)6-10(20)7-15(12)24(16)18(19)25/h2-9H,1H3. The molecule has 1 unspecified atom stereocenters. The number of allylic oxidation sites excluding steroid dienone is 1. The van der Waals surface area contributed by atoms with Crippen LogP contribution in [0.5, 0.6) is 0 Å². The molecule has 1 aromatic heterocycles. The number of nitrogens with zero attached hydrogens (tertiary/aromatic N) is 1. The molecule has 0 bridgehead atoms. The molecule has 0 radical (unpaired) electrons. The van der Waals surface area contributed by atoms with E-state index in [-0.39, 0.29) is 0 Å². The highest BCUT2D eigenvalue weighted by Gasteiger charge is 2.42. The fraction of sp³-hybridized carbons (Fsp3) is 0.105. The molecule has 0 N–H and O–H groups in total. The van der Waals surface area contributed by atoms with Crippen molar-refractivity contribution in [1.29, 1.82) is 0 Å². The number of hydrogen-bond donors (Lipinski definition) is 0. The molecule has 4 rings (SSSR count). The van der Waals surface area contributed by atoms with Crippen molar-refractivity contribution in [3.05, 3.63) is 70.2 Å². The summed E-state index contributed by atoms with van der Waals surface area (Å²) in [5.41, 5.74) is 0.884. The lowest BCUT2D eigenvalue weighted by molar-refractivity contribution is 0.0841. The summed E-state index contributed by atoms with van der Waals surface area (Å²) in [5, 5.41) is 1.43. The van der Waals surface area contributed by atoms with E-state index in [1.165, 1.54) is 11.5 Å². The highest BCUT2D eigenvalue weighted by atomic mass is 35.5. The van der Waals surface area contributed by atoms with E-state index in [1.807, 2.05) is 6.07 Å². The fourth-order valence-corrected chi connectivity index (χ4v) is 4.05. The number of aromatic nitrogens is 1. The summed E-state index contributed by atoms with van der Waals surface area (Å²) in [6, 6.07) is 12.0. The van der Waals surface area contributed by atoms with Crippen molar-refractivity contribution in [2.75, 3.05) is 0 Å². The van der Waals surface area contributed by atoms with E-state index in [1.54, 1.807) is 36.4 Å². The van der Waals surface area contributed by atoms with Gasteiger partial charge in [-0.15, -0.1) is 0 Å². The zero-order valence-electron chi connectivity index (χ0n) is 13.0. The molecular formula is C19H11Cl2F2NO. The third-order valence-corrected chi connectivity index (χ3v) is 5.17. The highest BCUT2D eigenvalue weighted by molar-refractivity contribution is 6.39. The van der Waals surface area contributed by atoms with Crippen LogP contribution in [0.1, 0.15) is 17.3 Å². The van der Waals surface area contributed by atoms with E-state index in [9.17, 15) is 13.6 Å². The summed E-state index contributed by atoms with van der Waals surface area (Å²) in [7, 11) is 0. The number of carbonyl (C=O) groups is 1. The Bertz CT molecular complexity index is 1080. The van der Waals surface area contributed by atoms with E-state index in [0.717, 1.165) is 0 Å². The van der Waals surface area contributed by atoms with Gasteiger partial charge in [0.05, 0.1) is 21.6 Å². The summed E-state index contributed by atoms with van der Waals surface area (Å²) in [4.78, 5) is 13.2. The molecule has 25 heavy (non-hydrogen) atoms. The number of carbonyl (C=O) groups excluding carboxylic acids is 1. The van der Waals surface area contributed by atoms with E-state index in [0.29, 0.717) is 43.8 Å². The average molecular weight is 378 g/mol. The van der Waals surface area contributed by atoms with Crippen molar-refractivity contribution in [1.82, 2.24) is 4.57 Å².